The first-order valence-electron chi connectivity index (χ1n) is 32.3. The Morgan fingerprint density at radius 2 is 0.703 bits per heavy atom. The molecule has 9 nitrogen and oxygen atoms in total. The van der Waals surface area contributed by atoms with Gasteiger partial charge in [-0.15, -0.1) is 0 Å². The Hall–Kier alpha value is -1.51. The fraction of sp³-hybridized carbons (Fsp3) is 0.906. The minimum Gasteiger partial charge on any atom is -0.462 e. The van der Waals surface area contributed by atoms with Crippen molar-refractivity contribution in [3.63, 3.8) is 0 Å². The minimum atomic E-state index is -4.39. The maximum Gasteiger partial charge on any atom is 0.472 e. The van der Waals surface area contributed by atoms with Crippen molar-refractivity contribution in [1.29, 1.82) is 0 Å². The van der Waals surface area contributed by atoms with Crippen molar-refractivity contribution < 1.29 is 37.6 Å². The molecule has 74 heavy (non-hydrogen) atoms. The summed E-state index contributed by atoms with van der Waals surface area (Å²) in [6, 6.07) is 0. The summed E-state index contributed by atoms with van der Waals surface area (Å²) in [5.41, 5.74) is 5.39. The van der Waals surface area contributed by atoms with Crippen molar-refractivity contribution in [2.45, 2.75) is 347 Å². The van der Waals surface area contributed by atoms with Gasteiger partial charge >= 0.3 is 19.8 Å². The van der Waals surface area contributed by atoms with Crippen molar-refractivity contribution >= 4 is 19.8 Å². The van der Waals surface area contributed by atoms with Gasteiger partial charge in [-0.3, -0.25) is 18.6 Å². The second-order valence-corrected chi connectivity index (χ2v) is 23.4. The normalized spacial score (nSPS) is 13.1. The van der Waals surface area contributed by atoms with E-state index in [0.717, 1.165) is 38.5 Å². The van der Waals surface area contributed by atoms with Gasteiger partial charge in [-0.2, -0.15) is 0 Å². The maximum absolute atomic E-state index is 12.7. The van der Waals surface area contributed by atoms with Crippen LogP contribution in [-0.4, -0.2) is 49.3 Å². The quantitative estimate of drug-likeness (QED) is 0.0264. The number of esters is 2. The van der Waals surface area contributed by atoms with E-state index in [1.807, 2.05) is 0 Å². The first-order valence-corrected chi connectivity index (χ1v) is 33.8. The van der Waals surface area contributed by atoms with Gasteiger partial charge in [-0.1, -0.05) is 308 Å². The number of hydrogen-bond donors (Lipinski definition) is 2. The largest absolute Gasteiger partial charge is 0.472 e. The van der Waals surface area contributed by atoms with Crippen LogP contribution in [0, 0.1) is 0 Å². The zero-order chi connectivity index (χ0) is 53.8. The van der Waals surface area contributed by atoms with Gasteiger partial charge in [0.2, 0.25) is 0 Å². The maximum atomic E-state index is 12.7. The van der Waals surface area contributed by atoms with Gasteiger partial charge in [0.15, 0.2) is 6.10 Å². The van der Waals surface area contributed by atoms with Crippen LogP contribution in [0.25, 0.3) is 0 Å². The summed E-state index contributed by atoms with van der Waals surface area (Å²) >= 11 is 0. The number of allylic oxidation sites excluding steroid dienone is 4. The average Bonchev–Trinajstić information content (AvgIpc) is 3.39. The molecule has 0 aliphatic rings. The molecule has 0 radical (unpaired) electrons. The second kappa shape index (κ2) is 60.7. The Morgan fingerprint density at radius 1 is 0.405 bits per heavy atom. The zero-order valence-corrected chi connectivity index (χ0v) is 50.0. The summed E-state index contributed by atoms with van der Waals surface area (Å²) in [6.07, 6.45) is 72.5. The van der Waals surface area contributed by atoms with Gasteiger partial charge in [-0.05, 0) is 44.9 Å². The number of rotatable bonds is 62. The molecule has 0 saturated carbocycles. The van der Waals surface area contributed by atoms with Crippen LogP contribution in [0.4, 0.5) is 0 Å². The topological polar surface area (TPSA) is 134 Å². The molecule has 438 valence electrons. The van der Waals surface area contributed by atoms with Crippen molar-refractivity contribution in [3.05, 3.63) is 24.3 Å². The lowest BCUT2D eigenvalue weighted by molar-refractivity contribution is -0.161. The van der Waals surface area contributed by atoms with E-state index in [1.165, 1.54) is 270 Å². The monoisotopic (exact) mass is 1070 g/mol. The molecule has 0 aliphatic carbocycles. The molecular formula is C64H124NO8P. The summed E-state index contributed by atoms with van der Waals surface area (Å²) in [6.45, 7) is 3.81. The zero-order valence-electron chi connectivity index (χ0n) is 49.1. The second-order valence-electron chi connectivity index (χ2n) is 22.0. The Morgan fingerprint density at radius 3 is 1.03 bits per heavy atom. The van der Waals surface area contributed by atoms with Crippen LogP contribution in [-0.2, 0) is 32.7 Å². The standard InChI is InChI=1S/C64H124NO8P/c1-3-5-7-9-11-13-15-17-19-21-23-25-27-29-30-31-32-33-35-37-39-41-43-45-47-49-51-53-55-57-64(67)73-62(61-72-74(68,69)71-59-58-65)60-70-63(66)56-54-52-50-48-46-44-42-40-38-36-34-28-26-24-22-20-18-16-14-12-10-8-6-4-2/h15,17,21,23,62H,3-14,16,18-20,22,24-61,65H2,1-2H3,(H,68,69)/b17-15-,23-21-. The van der Waals surface area contributed by atoms with E-state index in [9.17, 15) is 19.0 Å². The number of phosphoric acid groups is 1. The molecule has 0 saturated heterocycles. The van der Waals surface area contributed by atoms with Gasteiger partial charge in [0.05, 0.1) is 13.2 Å². The highest BCUT2D eigenvalue weighted by atomic mass is 31.2. The molecule has 0 rings (SSSR count). The highest BCUT2D eigenvalue weighted by Crippen LogP contribution is 2.43. The lowest BCUT2D eigenvalue weighted by atomic mass is 10.0. The summed E-state index contributed by atoms with van der Waals surface area (Å²) in [4.78, 5) is 35.3. The Kier molecular flexibility index (Phi) is 59.5. The molecule has 10 heteroatoms. The Labute approximate surface area is 459 Å². The van der Waals surface area contributed by atoms with Crippen LogP contribution in [0.5, 0.6) is 0 Å². The predicted octanol–water partition coefficient (Wildman–Crippen LogP) is 20.6. The summed E-state index contributed by atoms with van der Waals surface area (Å²) in [5.74, 6) is -0.805. The molecule has 0 amide bonds. The van der Waals surface area contributed by atoms with E-state index in [-0.39, 0.29) is 38.6 Å². The Balaban J connectivity index is 3.86. The predicted molar refractivity (Wildman–Crippen MR) is 317 cm³/mol. The van der Waals surface area contributed by atoms with Crippen molar-refractivity contribution in [2.24, 2.45) is 5.73 Å². The van der Waals surface area contributed by atoms with Gasteiger partial charge in [-0.25, -0.2) is 4.57 Å². The molecule has 0 spiro atoms. The number of phosphoric ester groups is 1. The van der Waals surface area contributed by atoms with Crippen LogP contribution in [0.15, 0.2) is 24.3 Å². The number of carbonyl (C=O) groups is 2. The molecular weight excluding hydrogens is 942 g/mol. The summed E-state index contributed by atoms with van der Waals surface area (Å²) < 4.78 is 33.1. The summed E-state index contributed by atoms with van der Waals surface area (Å²) in [7, 11) is -4.39. The lowest BCUT2D eigenvalue weighted by Gasteiger charge is -2.19. The van der Waals surface area contributed by atoms with Crippen molar-refractivity contribution in [2.75, 3.05) is 26.4 Å². The third kappa shape index (κ3) is 59.7. The third-order valence-electron chi connectivity index (χ3n) is 14.6. The van der Waals surface area contributed by atoms with E-state index in [1.54, 1.807) is 0 Å². The first-order chi connectivity index (χ1) is 36.3. The van der Waals surface area contributed by atoms with Gasteiger partial charge in [0, 0.05) is 19.4 Å². The number of unbranched alkanes of at least 4 members (excludes halogenated alkanes) is 45. The van der Waals surface area contributed by atoms with Crippen LogP contribution >= 0.6 is 7.82 Å². The SMILES string of the molecule is CCCCCCC/C=C\C/C=C\CCCCCCCCCCCCCCCCCCCC(=O)OC(COC(=O)CCCCCCCCCCCCCCCCCCCCCCCCCC)COP(=O)(O)OCCN. The van der Waals surface area contributed by atoms with Crippen LogP contribution in [0.2, 0.25) is 0 Å². The number of hydrogen-bond acceptors (Lipinski definition) is 8. The molecule has 0 fully saturated rings. The fourth-order valence-corrected chi connectivity index (χ4v) is 10.6. The van der Waals surface area contributed by atoms with E-state index in [0.29, 0.717) is 6.42 Å². The molecule has 2 unspecified atom stereocenters. The van der Waals surface area contributed by atoms with E-state index < -0.39 is 26.5 Å². The third-order valence-corrected chi connectivity index (χ3v) is 15.6. The van der Waals surface area contributed by atoms with Gasteiger partial charge in [0.1, 0.15) is 6.61 Å². The highest BCUT2D eigenvalue weighted by molar-refractivity contribution is 7.47. The molecule has 0 bridgehead atoms. The number of carbonyl (C=O) groups excluding carboxylic acids is 2. The molecule has 0 aromatic heterocycles. The van der Waals surface area contributed by atoms with E-state index in [2.05, 4.69) is 38.2 Å². The van der Waals surface area contributed by atoms with Crippen molar-refractivity contribution in [3.8, 4) is 0 Å². The fourth-order valence-electron chi connectivity index (χ4n) is 9.79. The van der Waals surface area contributed by atoms with Gasteiger partial charge in [0.25, 0.3) is 0 Å². The van der Waals surface area contributed by atoms with E-state index >= 15 is 0 Å². The minimum absolute atomic E-state index is 0.0567. The van der Waals surface area contributed by atoms with Crippen LogP contribution < -0.4 is 5.73 Å². The first kappa shape index (κ1) is 72.5. The van der Waals surface area contributed by atoms with Crippen LogP contribution in [0.3, 0.4) is 0 Å². The molecule has 3 N–H and O–H groups in total. The van der Waals surface area contributed by atoms with Crippen LogP contribution in [0.1, 0.15) is 341 Å². The number of ether oxygens (including phenoxy) is 2. The molecule has 2 atom stereocenters. The number of nitrogens with two attached hydrogens (primary N) is 1. The molecule has 0 aromatic rings. The highest BCUT2D eigenvalue weighted by Gasteiger charge is 2.26. The van der Waals surface area contributed by atoms with E-state index in [4.69, 9.17) is 24.3 Å². The smallest absolute Gasteiger partial charge is 0.462 e. The Bertz CT molecular complexity index is 1260. The van der Waals surface area contributed by atoms with Crippen molar-refractivity contribution in [1.82, 2.24) is 0 Å². The average molecular weight is 1070 g/mol. The van der Waals surface area contributed by atoms with Gasteiger partial charge < -0.3 is 20.1 Å². The molecule has 0 aromatic carbocycles. The lowest BCUT2D eigenvalue weighted by Crippen LogP contribution is -2.29. The summed E-state index contributed by atoms with van der Waals surface area (Å²) in [5, 5.41) is 0. The molecule has 0 heterocycles. The molecule has 0 aliphatic heterocycles.